The van der Waals surface area contributed by atoms with Crippen molar-refractivity contribution in [2.45, 2.75) is 45.6 Å². The number of rotatable bonds is 10. The van der Waals surface area contributed by atoms with Gasteiger partial charge in [-0.05, 0) is 56.4 Å². The molecule has 0 atom stereocenters. The second kappa shape index (κ2) is 13.6. The standard InChI is InChI=1S/C27H31N3O9S3/c1-4-39-26(34)24-17-8-6-5-7-9-19(17)40-25(24)28-21(31)14-42(35,36)15-22(32)29-27-30(13-23(33)38-3)18-11-10-16(37-2)12-20(18)41-27/h10-12H,4-9,13-15H2,1-3H3,(H,28,31). The van der Waals surface area contributed by atoms with Crippen LogP contribution >= 0.6 is 22.7 Å². The van der Waals surface area contributed by atoms with E-state index in [1.807, 2.05) is 0 Å². The number of anilines is 1. The number of nitrogens with one attached hydrogen (secondary N) is 1. The predicted molar refractivity (Wildman–Crippen MR) is 158 cm³/mol. The van der Waals surface area contributed by atoms with Gasteiger partial charge in [0.1, 0.15) is 28.8 Å². The highest BCUT2D eigenvalue weighted by molar-refractivity contribution is 7.92. The van der Waals surface area contributed by atoms with Crippen LogP contribution in [0.15, 0.2) is 23.2 Å². The third-order valence-electron chi connectivity index (χ3n) is 6.47. The zero-order valence-corrected chi connectivity index (χ0v) is 25.8. The molecule has 1 aromatic carbocycles. The minimum atomic E-state index is -4.24. The summed E-state index contributed by atoms with van der Waals surface area (Å²) in [5.41, 5.74) is 1.68. The summed E-state index contributed by atoms with van der Waals surface area (Å²) in [5, 5.41) is 2.82. The van der Waals surface area contributed by atoms with Crippen molar-refractivity contribution in [3.63, 3.8) is 0 Å². The lowest BCUT2D eigenvalue weighted by Crippen LogP contribution is -2.29. The Labute approximate surface area is 250 Å². The molecule has 0 bridgehead atoms. The lowest BCUT2D eigenvalue weighted by atomic mass is 10.1. The molecule has 0 spiro atoms. The fourth-order valence-corrected chi connectivity index (χ4v) is 7.99. The summed E-state index contributed by atoms with van der Waals surface area (Å²) < 4.78 is 42.9. The molecule has 226 valence electrons. The normalized spacial score (nSPS) is 13.7. The fourth-order valence-electron chi connectivity index (χ4n) is 4.60. The molecule has 12 nitrogen and oxygen atoms in total. The van der Waals surface area contributed by atoms with Gasteiger partial charge >= 0.3 is 11.9 Å². The molecule has 0 fully saturated rings. The summed E-state index contributed by atoms with van der Waals surface area (Å²) in [6.45, 7) is 1.59. The summed E-state index contributed by atoms with van der Waals surface area (Å²) in [4.78, 5) is 55.4. The van der Waals surface area contributed by atoms with E-state index in [1.54, 1.807) is 25.1 Å². The number of thiazole rings is 1. The topological polar surface area (TPSA) is 159 Å². The molecule has 0 saturated carbocycles. The first-order chi connectivity index (χ1) is 20.0. The number of hydrogen-bond acceptors (Lipinski definition) is 11. The molecular weight excluding hydrogens is 607 g/mol. The first-order valence-corrected chi connectivity index (χ1v) is 16.6. The van der Waals surface area contributed by atoms with Gasteiger partial charge in [-0.3, -0.25) is 14.4 Å². The van der Waals surface area contributed by atoms with E-state index in [-0.39, 0.29) is 28.5 Å². The predicted octanol–water partition coefficient (Wildman–Crippen LogP) is 2.87. The van der Waals surface area contributed by atoms with E-state index in [9.17, 15) is 27.6 Å². The number of amides is 2. The fraction of sp³-hybridized carbons (Fsp3) is 0.444. The zero-order valence-electron chi connectivity index (χ0n) is 23.4. The van der Waals surface area contributed by atoms with Gasteiger partial charge in [0.2, 0.25) is 5.91 Å². The number of aryl methyl sites for hydroxylation is 1. The van der Waals surface area contributed by atoms with Crippen LogP contribution in [0.3, 0.4) is 0 Å². The Morgan fingerprint density at radius 2 is 1.81 bits per heavy atom. The highest BCUT2D eigenvalue weighted by Gasteiger charge is 2.28. The van der Waals surface area contributed by atoms with E-state index in [0.29, 0.717) is 22.4 Å². The average Bonchev–Trinajstić information content (AvgIpc) is 3.33. The zero-order chi connectivity index (χ0) is 30.4. The summed E-state index contributed by atoms with van der Waals surface area (Å²) in [7, 11) is -1.51. The first-order valence-electron chi connectivity index (χ1n) is 13.2. The second-order valence-corrected chi connectivity index (χ2v) is 13.6. The Bertz CT molecular complexity index is 1700. The van der Waals surface area contributed by atoms with Gasteiger partial charge in [-0.25, -0.2) is 13.2 Å². The van der Waals surface area contributed by atoms with E-state index < -0.39 is 45.1 Å². The minimum absolute atomic E-state index is 0.0902. The van der Waals surface area contributed by atoms with Gasteiger partial charge in [0, 0.05) is 4.88 Å². The van der Waals surface area contributed by atoms with Crippen LogP contribution in [-0.4, -0.2) is 69.1 Å². The molecule has 0 aliphatic heterocycles. The number of nitrogens with zero attached hydrogens (tertiary/aromatic N) is 2. The summed E-state index contributed by atoms with van der Waals surface area (Å²) >= 11 is 2.32. The molecule has 1 aliphatic carbocycles. The number of thiophene rings is 1. The number of ether oxygens (including phenoxy) is 3. The van der Waals surface area contributed by atoms with Crippen molar-refractivity contribution in [1.29, 1.82) is 0 Å². The van der Waals surface area contributed by atoms with Crippen molar-refractivity contribution in [1.82, 2.24) is 4.57 Å². The molecule has 42 heavy (non-hydrogen) atoms. The summed E-state index contributed by atoms with van der Waals surface area (Å²) in [6, 6.07) is 5.07. The molecule has 0 radical (unpaired) electrons. The molecule has 2 amide bonds. The quantitative estimate of drug-likeness (QED) is 0.261. The largest absolute Gasteiger partial charge is 0.497 e. The van der Waals surface area contributed by atoms with Gasteiger partial charge in [0.05, 0.1) is 36.6 Å². The van der Waals surface area contributed by atoms with Gasteiger partial charge < -0.3 is 24.1 Å². The van der Waals surface area contributed by atoms with E-state index in [2.05, 4.69) is 10.3 Å². The molecule has 0 saturated heterocycles. The van der Waals surface area contributed by atoms with Gasteiger partial charge in [-0.15, -0.1) is 11.3 Å². The Balaban J connectivity index is 1.53. The molecular formula is C27H31N3O9S3. The number of sulfone groups is 1. The van der Waals surface area contributed by atoms with Crippen molar-refractivity contribution in [2.24, 2.45) is 4.99 Å². The number of benzene rings is 1. The third kappa shape index (κ3) is 7.44. The molecule has 2 heterocycles. The van der Waals surface area contributed by atoms with Crippen LogP contribution in [-0.2, 0) is 53.1 Å². The lowest BCUT2D eigenvalue weighted by molar-refractivity contribution is -0.141. The number of hydrogen-bond donors (Lipinski definition) is 1. The van der Waals surface area contributed by atoms with Crippen LogP contribution in [0.5, 0.6) is 5.75 Å². The number of fused-ring (bicyclic) bond motifs is 2. The van der Waals surface area contributed by atoms with Crippen molar-refractivity contribution >= 4 is 71.5 Å². The Hall–Kier alpha value is -3.56. The van der Waals surface area contributed by atoms with Gasteiger partial charge in [-0.2, -0.15) is 4.99 Å². The smallest absolute Gasteiger partial charge is 0.341 e. The van der Waals surface area contributed by atoms with Crippen molar-refractivity contribution in [3.05, 3.63) is 39.0 Å². The first kappa shape index (κ1) is 31.4. The monoisotopic (exact) mass is 637 g/mol. The van der Waals surface area contributed by atoms with E-state index in [4.69, 9.17) is 14.2 Å². The van der Waals surface area contributed by atoms with Gasteiger partial charge in [0.15, 0.2) is 14.6 Å². The number of carbonyl (C=O) groups is 4. The maximum atomic E-state index is 12.8. The molecule has 2 aromatic heterocycles. The highest BCUT2D eigenvalue weighted by Crippen LogP contribution is 2.38. The number of methoxy groups -OCH3 is 2. The number of esters is 2. The summed E-state index contributed by atoms with van der Waals surface area (Å²) in [5.74, 6) is -4.49. The van der Waals surface area contributed by atoms with Gasteiger partial charge in [0.25, 0.3) is 5.91 Å². The minimum Gasteiger partial charge on any atom is -0.497 e. The SMILES string of the molecule is CCOC(=O)c1c(NC(=O)CS(=O)(=O)CC(=O)N=c2sc3cc(OC)ccc3n2CC(=O)OC)sc2c1CCCCC2. The van der Waals surface area contributed by atoms with Crippen molar-refractivity contribution < 1.29 is 41.8 Å². The summed E-state index contributed by atoms with van der Waals surface area (Å²) in [6.07, 6.45) is 4.31. The Morgan fingerprint density at radius 3 is 2.52 bits per heavy atom. The van der Waals surface area contributed by atoms with Crippen LogP contribution in [0.25, 0.3) is 10.2 Å². The molecule has 15 heteroatoms. The van der Waals surface area contributed by atoms with E-state index in [1.165, 1.54) is 30.1 Å². The number of carbonyl (C=O) groups excluding carboxylic acids is 4. The molecule has 1 N–H and O–H groups in total. The maximum Gasteiger partial charge on any atom is 0.341 e. The van der Waals surface area contributed by atoms with E-state index >= 15 is 0 Å². The number of aromatic nitrogens is 1. The Morgan fingerprint density at radius 1 is 1.05 bits per heavy atom. The van der Waals surface area contributed by atoms with Crippen LogP contribution in [0.2, 0.25) is 0 Å². The van der Waals surface area contributed by atoms with Crippen LogP contribution in [0.4, 0.5) is 5.00 Å². The van der Waals surface area contributed by atoms with Crippen LogP contribution in [0, 0.1) is 0 Å². The highest BCUT2D eigenvalue weighted by atomic mass is 32.2. The average molecular weight is 638 g/mol. The van der Waals surface area contributed by atoms with E-state index in [0.717, 1.165) is 47.5 Å². The molecule has 0 unspecified atom stereocenters. The molecule has 3 aromatic rings. The maximum absolute atomic E-state index is 12.8. The van der Waals surface area contributed by atoms with Crippen LogP contribution < -0.4 is 14.9 Å². The third-order valence-corrected chi connectivity index (χ3v) is 10.1. The molecule has 1 aliphatic rings. The lowest BCUT2D eigenvalue weighted by Gasteiger charge is -2.08. The molecule has 4 rings (SSSR count). The van der Waals surface area contributed by atoms with Crippen LogP contribution in [0.1, 0.15) is 47.0 Å². The van der Waals surface area contributed by atoms with Crippen molar-refractivity contribution in [3.8, 4) is 5.75 Å². The second-order valence-electron chi connectivity index (χ2n) is 9.46. The van der Waals surface area contributed by atoms with Crippen molar-refractivity contribution in [2.75, 3.05) is 37.6 Å². The Kier molecular flexibility index (Phi) is 10.2. The van der Waals surface area contributed by atoms with Gasteiger partial charge in [-0.1, -0.05) is 17.8 Å².